The normalized spacial score (nSPS) is 21.3. The molecule has 0 bridgehead atoms. The van der Waals surface area contributed by atoms with Crippen LogP contribution in [0.15, 0.2) is 48.5 Å². The lowest BCUT2D eigenvalue weighted by atomic mass is 9.88. The minimum absolute atomic E-state index is 0.0424. The second-order valence-electron chi connectivity index (χ2n) is 5.25. The van der Waals surface area contributed by atoms with Crippen LogP contribution in [0.2, 0.25) is 5.02 Å². The minimum Gasteiger partial charge on any atom is -0.318 e. The molecule has 0 unspecified atom stereocenters. The molecule has 21 heavy (non-hydrogen) atoms. The average Bonchev–Trinajstić information content (AvgIpc) is 2.53. The van der Waals surface area contributed by atoms with E-state index in [1.165, 1.54) is 5.56 Å². The van der Waals surface area contributed by atoms with E-state index in [4.69, 9.17) is 17.3 Å². The number of nitrogens with zero attached hydrogens (tertiary/aromatic N) is 1. The summed E-state index contributed by atoms with van der Waals surface area (Å²) in [6.07, 6.45) is 0.981. The first-order chi connectivity index (χ1) is 10.1. The Morgan fingerprint density at radius 1 is 1.10 bits per heavy atom. The summed E-state index contributed by atoms with van der Waals surface area (Å²) in [6, 6.07) is 14.9. The standard InChI is InChI=1S/C17H17ClN2O/c1-2-11-3-9-14(10-4-11)20-16(15(19)17(20)21)12-5-7-13(18)8-6-12/h3-10,15-16H,2,19H2,1H3/t15-,16+/m1/s1. The van der Waals surface area contributed by atoms with Crippen molar-refractivity contribution in [3.05, 3.63) is 64.7 Å². The quantitative estimate of drug-likeness (QED) is 0.884. The molecule has 2 aromatic rings. The van der Waals surface area contributed by atoms with Crippen molar-refractivity contribution in [2.24, 2.45) is 5.73 Å². The highest BCUT2D eigenvalue weighted by Gasteiger charge is 2.46. The fourth-order valence-corrected chi connectivity index (χ4v) is 2.83. The van der Waals surface area contributed by atoms with E-state index >= 15 is 0 Å². The van der Waals surface area contributed by atoms with Gasteiger partial charge in [0.25, 0.3) is 0 Å². The predicted molar refractivity (Wildman–Crippen MR) is 85.5 cm³/mol. The summed E-state index contributed by atoms with van der Waals surface area (Å²) >= 11 is 5.92. The van der Waals surface area contributed by atoms with E-state index in [1.54, 1.807) is 4.90 Å². The van der Waals surface area contributed by atoms with Gasteiger partial charge in [0.05, 0.1) is 6.04 Å². The van der Waals surface area contributed by atoms with Crippen LogP contribution in [-0.2, 0) is 11.2 Å². The van der Waals surface area contributed by atoms with Crippen molar-refractivity contribution < 1.29 is 4.79 Å². The van der Waals surface area contributed by atoms with Gasteiger partial charge in [-0.2, -0.15) is 0 Å². The molecule has 1 aliphatic heterocycles. The number of hydrogen-bond donors (Lipinski definition) is 1. The number of rotatable bonds is 3. The fourth-order valence-electron chi connectivity index (χ4n) is 2.71. The van der Waals surface area contributed by atoms with E-state index < -0.39 is 6.04 Å². The van der Waals surface area contributed by atoms with Gasteiger partial charge in [0, 0.05) is 10.7 Å². The maximum atomic E-state index is 12.1. The van der Waals surface area contributed by atoms with Gasteiger partial charge in [0.1, 0.15) is 6.04 Å². The summed E-state index contributed by atoms with van der Waals surface area (Å²) in [5, 5.41) is 0.678. The molecule has 2 N–H and O–H groups in total. The zero-order valence-corrected chi connectivity index (χ0v) is 12.5. The number of hydrogen-bond acceptors (Lipinski definition) is 2. The highest BCUT2D eigenvalue weighted by Crippen LogP contribution is 2.38. The molecule has 2 atom stereocenters. The van der Waals surface area contributed by atoms with E-state index in [-0.39, 0.29) is 11.9 Å². The summed E-state index contributed by atoms with van der Waals surface area (Å²) in [5.41, 5.74) is 9.14. The van der Waals surface area contributed by atoms with Crippen molar-refractivity contribution in [3.63, 3.8) is 0 Å². The van der Waals surface area contributed by atoms with Crippen LogP contribution in [0.3, 0.4) is 0 Å². The lowest BCUT2D eigenvalue weighted by Crippen LogP contribution is -2.63. The third-order valence-corrected chi connectivity index (χ3v) is 4.23. The molecule has 0 saturated carbocycles. The number of nitrogens with two attached hydrogens (primary N) is 1. The third kappa shape index (κ3) is 2.43. The molecule has 0 radical (unpaired) electrons. The maximum Gasteiger partial charge on any atom is 0.247 e. The second kappa shape index (κ2) is 5.51. The first-order valence-corrected chi connectivity index (χ1v) is 7.42. The molecule has 1 amide bonds. The highest BCUT2D eigenvalue weighted by molar-refractivity contribution is 6.30. The number of anilines is 1. The van der Waals surface area contributed by atoms with Gasteiger partial charge in [-0.25, -0.2) is 0 Å². The van der Waals surface area contributed by atoms with Crippen LogP contribution in [0, 0.1) is 0 Å². The predicted octanol–water partition coefficient (Wildman–Crippen LogP) is 3.32. The van der Waals surface area contributed by atoms with Gasteiger partial charge >= 0.3 is 0 Å². The fraction of sp³-hybridized carbons (Fsp3) is 0.235. The van der Waals surface area contributed by atoms with Crippen LogP contribution in [-0.4, -0.2) is 11.9 Å². The SMILES string of the molecule is CCc1ccc(N2C(=O)[C@H](N)[C@@H]2c2ccc(Cl)cc2)cc1. The summed E-state index contributed by atoms with van der Waals surface area (Å²) in [4.78, 5) is 13.9. The molecule has 3 rings (SSSR count). The van der Waals surface area contributed by atoms with Gasteiger partial charge in [-0.1, -0.05) is 42.8 Å². The van der Waals surface area contributed by atoms with Crippen molar-refractivity contribution in [3.8, 4) is 0 Å². The van der Waals surface area contributed by atoms with Gasteiger partial charge in [0.2, 0.25) is 5.91 Å². The van der Waals surface area contributed by atoms with Gasteiger partial charge in [-0.3, -0.25) is 4.79 Å². The molecule has 0 aliphatic carbocycles. The van der Waals surface area contributed by atoms with Crippen LogP contribution in [0.1, 0.15) is 24.1 Å². The zero-order valence-electron chi connectivity index (χ0n) is 11.8. The number of carbonyl (C=O) groups excluding carboxylic acids is 1. The van der Waals surface area contributed by atoms with E-state index in [1.807, 2.05) is 48.5 Å². The van der Waals surface area contributed by atoms with Crippen molar-refractivity contribution >= 4 is 23.2 Å². The van der Waals surface area contributed by atoms with Crippen molar-refractivity contribution in [1.82, 2.24) is 0 Å². The van der Waals surface area contributed by atoms with Gasteiger partial charge < -0.3 is 10.6 Å². The molecule has 3 nitrogen and oxygen atoms in total. The Hall–Kier alpha value is -1.84. The summed E-state index contributed by atoms with van der Waals surface area (Å²) < 4.78 is 0. The summed E-state index contributed by atoms with van der Waals surface area (Å²) in [7, 11) is 0. The Labute approximate surface area is 129 Å². The first kappa shape index (κ1) is 14.1. The van der Waals surface area contributed by atoms with Gasteiger partial charge in [0.15, 0.2) is 0 Å². The number of β-lactam (4-membered cyclic amide) rings is 1. The van der Waals surface area contributed by atoms with Gasteiger partial charge in [-0.15, -0.1) is 0 Å². The number of benzene rings is 2. The molecule has 1 fully saturated rings. The maximum absolute atomic E-state index is 12.1. The van der Waals surface area contributed by atoms with Crippen LogP contribution in [0.4, 0.5) is 5.69 Å². The van der Waals surface area contributed by atoms with Crippen molar-refractivity contribution in [1.29, 1.82) is 0 Å². The van der Waals surface area contributed by atoms with Crippen molar-refractivity contribution in [2.75, 3.05) is 4.90 Å². The molecule has 4 heteroatoms. The Morgan fingerprint density at radius 3 is 2.29 bits per heavy atom. The summed E-state index contributed by atoms with van der Waals surface area (Å²) in [6.45, 7) is 2.11. The van der Waals surface area contributed by atoms with E-state index in [9.17, 15) is 4.79 Å². The Balaban J connectivity index is 1.92. The molecule has 108 valence electrons. The Kier molecular flexibility index (Phi) is 3.70. The number of carbonyl (C=O) groups is 1. The van der Waals surface area contributed by atoms with E-state index in [0.29, 0.717) is 5.02 Å². The third-order valence-electron chi connectivity index (χ3n) is 3.98. The monoisotopic (exact) mass is 300 g/mol. The lowest BCUT2D eigenvalue weighted by Gasteiger charge is -2.45. The van der Waals surface area contributed by atoms with E-state index in [0.717, 1.165) is 17.7 Å². The van der Waals surface area contributed by atoms with Gasteiger partial charge in [-0.05, 0) is 41.8 Å². The van der Waals surface area contributed by atoms with Crippen molar-refractivity contribution in [2.45, 2.75) is 25.4 Å². The second-order valence-corrected chi connectivity index (χ2v) is 5.69. The number of halogens is 1. The number of amides is 1. The molecular weight excluding hydrogens is 284 g/mol. The Bertz CT molecular complexity index is 651. The molecular formula is C17H17ClN2O. The molecule has 0 aromatic heterocycles. The minimum atomic E-state index is -0.489. The average molecular weight is 301 g/mol. The first-order valence-electron chi connectivity index (χ1n) is 7.05. The number of aryl methyl sites for hydroxylation is 1. The largest absolute Gasteiger partial charge is 0.318 e. The summed E-state index contributed by atoms with van der Waals surface area (Å²) in [5.74, 6) is -0.0424. The van der Waals surface area contributed by atoms with Crippen LogP contribution >= 0.6 is 11.6 Å². The molecule has 2 aromatic carbocycles. The lowest BCUT2D eigenvalue weighted by molar-refractivity contribution is -0.126. The zero-order chi connectivity index (χ0) is 15.0. The molecule has 0 spiro atoms. The van der Waals surface area contributed by atoms with Crippen LogP contribution in [0.5, 0.6) is 0 Å². The van der Waals surface area contributed by atoms with E-state index in [2.05, 4.69) is 6.92 Å². The van der Waals surface area contributed by atoms with Crippen LogP contribution in [0.25, 0.3) is 0 Å². The van der Waals surface area contributed by atoms with Crippen LogP contribution < -0.4 is 10.6 Å². The molecule has 1 aliphatic rings. The smallest absolute Gasteiger partial charge is 0.247 e. The molecule has 1 heterocycles. The Morgan fingerprint density at radius 2 is 1.71 bits per heavy atom. The highest BCUT2D eigenvalue weighted by atomic mass is 35.5. The molecule has 1 saturated heterocycles. The topological polar surface area (TPSA) is 46.3 Å².